The van der Waals surface area contributed by atoms with Gasteiger partial charge in [0, 0.05) is 13.7 Å². The molecule has 0 radical (unpaired) electrons. The van der Waals surface area contributed by atoms with Crippen LogP contribution in [-0.4, -0.2) is 42.8 Å². The molecule has 0 aliphatic carbocycles. The van der Waals surface area contributed by atoms with Crippen LogP contribution in [0.25, 0.3) is 0 Å². The summed E-state index contributed by atoms with van der Waals surface area (Å²) >= 11 is 0. The highest BCUT2D eigenvalue weighted by molar-refractivity contribution is 5.86. The minimum absolute atomic E-state index is 0.0242. The molecule has 0 aromatic heterocycles. The van der Waals surface area contributed by atoms with Crippen LogP contribution < -0.4 is 11.1 Å². The van der Waals surface area contributed by atoms with Crippen LogP contribution >= 0.6 is 0 Å². The number of methoxy groups -OCH3 is 1. The van der Waals surface area contributed by atoms with Gasteiger partial charge in [-0.15, -0.1) is 0 Å². The van der Waals surface area contributed by atoms with Crippen molar-refractivity contribution in [3.8, 4) is 0 Å². The highest BCUT2D eigenvalue weighted by atomic mass is 16.5. The molecular weight excluding hydrogens is 212 g/mol. The van der Waals surface area contributed by atoms with Crippen molar-refractivity contribution >= 4 is 11.9 Å². The van der Waals surface area contributed by atoms with E-state index in [0.717, 1.165) is 0 Å². The van der Waals surface area contributed by atoms with Crippen LogP contribution in [-0.2, 0) is 14.3 Å². The third-order valence-electron chi connectivity index (χ3n) is 2.11. The molecule has 16 heavy (non-hydrogen) atoms. The molecule has 0 rings (SSSR count). The maximum Gasteiger partial charge on any atom is 0.326 e. The summed E-state index contributed by atoms with van der Waals surface area (Å²) in [5.41, 5.74) is 5.30. The van der Waals surface area contributed by atoms with Crippen molar-refractivity contribution < 1.29 is 19.4 Å². The molecule has 0 aromatic rings. The zero-order valence-corrected chi connectivity index (χ0v) is 9.90. The minimum atomic E-state index is -1.05. The van der Waals surface area contributed by atoms with Gasteiger partial charge in [-0.05, 0) is 12.3 Å². The number of carboxylic acid groups (broad SMARTS) is 1. The van der Waals surface area contributed by atoms with Gasteiger partial charge in [0.2, 0.25) is 0 Å². The number of amides is 1. The summed E-state index contributed by atoms with van der Waals surface area (Å²) in [6.07, 6.45) is -0.420. The molecule has 0 aromatic carbocycles. The van der Waals surface area contributed by atoms with Crippen molar-refractivity contribution in [3.63, 3.8) is 0 Å². The van der Waals surface area contributed by atoms with Gasteiger partial charge < -0.3 is 20.9 Å². The van der Waals surface area contributed by atoms with E-state index in [0.29, 0.717) is 6.42 Å². The fourth-order valence-electron chi connectivity index (χ4n) is 1.27. The maximum atomic E-state index is 11.5. The lowest BCUT2D eigenvalue weighted by atomic mass is 10.0. The Kier molecular flexibility index (Phi) is 6.67. The Morgan fingerprint density at radius 1 is 1.44 bits per heavy atom. The molecule has 0 aliphatic rings. The predicted octanol–water partition coefficient (Wildman–Crippen LogP) is -0.424. The van der Waals surface area contributed by atoms with E-state index in [1.807, 2.05) is 13.8 Å². The van der Waals surface area contributed by atoms with E-state index >= 15 is 0 Å². The molecule has 0 spiro atoms. The highest BCUT2D eigenvalue weighted by Crippen LogP contribution is 2.05. The number of carbonyl (C=O) groups is 2. The lowest BCUT2D eigenvalue weighted by Crippen LogP contribution is -2.48. The van der Waals surface area contributed by atoms with E-state index < -0.39 is 24.0 Å². The Balaban J connectivity index is 4.39. The SMILES string of the molecule is COC(CN)C(=O)NC(CC(C)C)C(=O)O. The Morgan fingerprint density at radius 3 is 2.31 bits per heavy atom. The predicted molar refractivity (Wildman–Crippen MR) is 58.9 cm³/mol. The van der Waals surface area contributed by atoms with Gasteiger partial charge in [0.15, 0.2) is 0 Å². The van der Waals surface area contributed by atoms with Gasteiger partial charge in [0.05, 0.1) is 0 Å². The van der Waals surface area contributed by atoms with E-state index in [1.54, 1.807) is 0 Å². The number of nitrogens with one attached hydrogen (secondary N) is 1. The van der Waals surface area contributed by atoms with E-state index in [2.05, 4.69) is 5.32 Å². The number of aliphatic carboxylic acids is 1. The lowest BCUT2D eigenvalue weighted by Gasteiger charge is -2.19. The number of hydrogen-bond donors (Lipinski definition) is 3. The van der Waals surface area contributed by atoms with Crippen LogP contribution in [0.1, 0.15) is 20.3 Å². The average Bonchev–Trinajstić information content (AvgIpc) is 2.17. The van der Waals surface area contributed by atoms with Gasteiger partial charge in [-0.1, -0.05) is 13.8 Å². The molecule has 6 heteroatoms. The van der Waals surface area contributed by atoms with Crippen LogP contribution in [0.2, 0.25) is 0 Å². The number of hydrogen-bond acceptors (Lipinski definition) is 4. The topological polar surface area (TPSA) is 102 Å². The summed E-state index contributed by atoms with van der Waals surface area (Å²) < 4.78 is 4.82. The summed E-state index contributed by atoms with van der Waals surface area (Å²) in [7, 11) is 1.36. The third-order valence-corrected chi connectivity index (χ3v) is 2.11. The summed E-state index contributed by atoms with van der Waals surface area (Å²) in [5.74, 6) is -1.35. The average molecular weight is 232 g/mol. The molecule has 0 fully saturated rings. The quantitative estimate of drug-likeness (QED) is 0.553. The summed E-state index contributed by atoms with van der Waals surface area (Å²) in [4.78, 5) is 22.4. The highest BCUT2D eigenvalue weighted by Gasteiger charge is 2.24. The monoisotopic (exact) mass is 232 g/mol. The number of carbonyl (C=O) groups excluding carboxylic acids is 1. The summed E-state index contributed by atoms with van der Waals surface area (Å²) in [5, 5.41) is 11.3. The Hall–Kier alpha value is -1.14. The molecule has 0 heterocycles. The Labute approximate surface area is 95.1 Å². The Bertz CT molecular complexity index is 239. The maximum absolute atomic E-state index is 11.5. The van der Waals surface area contributed by atoms with Crippen molar-refractivity contribution in [1.29, 1.82) is 0 Å². The van der Waals surface area contributed by atoms with Crippen LogP contribution in [0, 0.1) is 5.92 Å². The van der Waals surface area contributed by atoms with Crippen molar-refractivity contribution in [2.45, 2.75) is 32.4 Å². The fourth-order valence-corrected chi connectivity index (χ4v) is 1.27. The van der Waals surface area contributed by atoms with Crippen molar-refractivity contribution in [3.05, 3.63) is 0 Å². The molecule has 0 saturated heterocycles. The molecule has 1 amide bonds. The summed E-state index contributed by atoms with van der Waals surface area (Å²) in [6.45, 7) is 3.80. The molecule has 0 aliphatic heterocycles. The van der Waals surface area contributed by atoms with Gasteiger partial charge in [-0.2, -0.15) is 0 Å². The smallest absolute Gasteiger partial charge is 0.326 e. The van der Waals surface area contributed by atoms with Gasteiger partial charge in [0.25, 0.3) is 5.91 Å². The van der Waals surface area contributed by atoms with Gasteiger partial charge in [0.1, 0.15) is 12.1 Å². The van der Waals surface area contributed by atoms with Gasteiger partial charge >= 0.3 is 5.97 Å². The minimum Gasteiger partial charge on any atom is -0.480 e. The molecular formula is C10H20N2O4. The second-order valence-corrected chi connectivity index (χ2v) is 3.99. The van der Waals surface area contributed by atoms with Crippen LogP contribution in [0.15, 0.2) is 0 Å². The summed E-state index contributed by atoms with van der Waals surface area (Å²) in [6, 6.07) is -0.892. The first-order valence-electron chi connectivity index (χ1n) is 5.18. The first-order valence-corrected chi connectivity index (χ1v) is 5.18. The van der Waals surface area contributed by atoms with E-state index in [9.17, 15) is 9.59 Å². The molecule has 2 atom stereocenters. The normalized spacial score (nSPS) is 14.6. The standard InChI is InChI=1S/C10H20N2O4/c1-6(2)4-7(10(14)15)12-9(13)8(5-11)16-3/h6-8H,4-5,11H2,1-3H3,(H,12,13)(H,14,15). The van der Waals surface area contributed by atoms with Crippen molar-refractivity contribution in [1.82, 2.24) is 5.32 Å². The second kappa shape index (κ2) is 7.19. The second-order valence-electron chi connectivity index (χ2n) is 3.99. The molecule has 0 bridgehead atoms. The fraction of sp³-hybridized carbons (Fsp3) is 0.800. The van der Waals surface area contributed by atoms with Gasteiger partial charge in [-0.3, -0.25) is 4.79 Å². The number of rotatable bonds is 7. The largest absolute Gasteiger partial charge is 0.480 e. The van der Waals surface area contributed by atoms with Crippen LogP contribution in [0.3, 0.4) is 0 Å². The Morgan fingerprint density at radius 2 is 2.00 bits per heavy atom. The van der Waals surface area contributed by atoms with Gasteiger partial charge in [-0.25, -0.2) is 4.79 Å². The van der Waals surface area contributed by atoms with Crippen LogP contribution in [0.5, 0.6) is 0 Å². The van der Waals surface area contributed by atoms with E-state index in [1.165, 1.54) is 7.11 Å². The molecule has 6 nitrogen and oxygen atoms in total. The van der Waals surface area contributed by atoms with E-state index in [-0.39, 0.29) is 12.5 Å². The number of ether oxygens (including phenoxy) is 1. The third kappa shape index (κ3) is 5.09. The number of nitrogens with two attached hydrogens (primary N) is 1. The molecule has 2 unspecified atom stereocenters. The first-order chi connectivity index (χ1) is 7.42. The lowest BCUT2D eigenvalue weighted by molar-refractivity contribution is -0.144. The molecule has 4 N–H and O–H groups in total. The van der Waals surface area contributed by atoms with Crippen LogP contribution in [0.4, 0.5) is 0 Å². The van der Waals surface area contributed by atoms with E-state index in [4.69, 9.17) is 15.6 Å². The zero-order valence-electron chi connectivity index (χ0n) is 9.90. The van der Waals surface area contributed by atoms with Crippen molar-refractivity contribution in [2.75, 3.05) is 13.7 Å². The molecule has 0 saturated carbocycles. The molecule has 94 valence electrons. The zero-order chi connectivity index (χ0) is 12.7. The number of carboxylic acids is 1. The first kappa shape index (κ1) is 14.9. The van der Waals surface area contributed by atoms with Crippen molar-refractivity contribution in [2.24, 2.45) is 11.7 Å².